The van der Waals surface area contributed by atoms with Crippen molar-refractivity contribution in [1.29, 1.82) is 0 Å². The minimum absolute atomic E-state index is 0.335. The Kier molecular flexibility index (Phi) is 4.24. The standard InChI is InChI=1S/C13H11Cl2N3O/c1-18-5-4-9(8-18)7-16-17-13(19)10-2-3-11(14)12(15)6-10/h2-8H,1H3,(H,17,19)/b16-7-. The Balaban J connectivity index is 2.01. The summed E-state index contributed by atoms with van der Waals surface area (Å²) in [6.45, 7) is 0. The van der Waals surface area contributed by atoms with Gasteiger partial charge in [0, 0.05) is 30.6 Å². The summed E-state index contributed by atoms with van der Waals surface area (Å²) in [6.07, 6.45) is 5.34. The Bertz CT molecular complexity index is 635. The molecule has 0 radical (unpaired) electrons. The third-order valence-corrected chi connectivity index (χ3v) is 3.16. The molecule has 1 aromatic heterocycles. The summed E-state index contributed by atoms with van der Waals surface area (Å²) < 4.78 is 1.89. The van der Waals surface area contributed by atoms with Gasteiger partial charge in [-0.15, -0.1) is 0 Å². The number of carbonyl (C=O) groups is 1. The molecule has 0 aliphatic carbocycles. The summed E-state index contributed by atoms with van der Waals surface area (Å²) in [5.41, 5.74) is 3.73. The lowest BCUT2D eigenvalue weighted by molar-refractivity contribution is 0.0955. The number of halogens is 2. The second-order valence-electron chi connectivity index (χ2n) is 3.94. The molecule has 4 nitrogen and oxygen atoms in total. The third-order valence-electron chi connectivity index (χ3n) is 2.42. The van der Waals surface area contributed by atoms with E-state index in [1.165, 1.54) is 6.07 Å². The first kappa shape index (κ1) is 13.6. The topological polar surface area (TPSA) is 46.4 Å². The molecule has 0 saturated heterocycles. The van der Waals surface area contributed by atoms with Gasteiger partial charge in [0.05, 0.1) is 16.3 Å². The highest BCUT2D eigenvalue weighted by Gasteiger charge is 2.06. The van der Waals surface area contributed by atoms with E-state index >= 15 is 0 Å². The van der Waals surface area contributed by atoms with Crippen molar-refractivity contribution in [2.24, 2.45) is 12.1 Å². The number of hydrazone groups is 1. The van der Waals surface area contributed by atoms with Crippen molar-refractivity contribution in [3.05, 3.63) is 57.8 Å². The molecule has 0 spiro atoms. The first-order valence-electron chi connectivity index (χ1n) is 5.46. The monoisotopic (exact) mass is 295 g/mol. The summed E-state index contributed by atoms with van der Waals surface area (Å²) in [6, 6.07) is 6.54. The molecule has 19 heavy (non-hydrogen) atoms. The van der Waals surface area contributed by atoms with Gasteiger partial charge in [-0.2, -0.15) is 5.10 Å². The van der Waals surface area contributed by atoms with Crippen molar-refractivity contribution in [2.45, 2.75) is 0 Å². The van der Waals surface area contributed by atoms with Crippen molar-refractivity contribution in [1.82, 2.24) is 9.99 Å². The minimum atomic E-state index is -0.342. The number of nitrogens with one attached hydrogen (secondary N) is 1. The molecule has 2 aromatic rings. The van der Waals surface area contributed by atoms with Crippen LogP contribution in [0.15, 0.2) is 41.8 Å². The van der Waals surface area contributed by atoms with Crippen LogP contribution in [0.2, 0.25) is 10.0 Å². The van der Waals surface area contributed by atoms with Crippen LogP contribution in [0.4, 0.5) is 0 Å². The van der Waals surface area contributed by atoms with Crippen molar-refractivity contribution < 1.29 is 4.79 Å². The summed E-state index contributed by atoms with van der Waals surface area (Å²) in [7, 11) is 1.91. The van der Waals surface area contributed by atoms with E-state index in [9.17, 15) is 4.79 Å². The fourth-order valence-corrected chi connectivity index (χ4v) is 1.77. The van der Waals surface area contributed by atoms with Gasteiger partial charge in [-0.05, 0) is 24.3 Å². The van der Waals surface area contributed by atoms with Crippen LogP contribution in [0.25, 0.3) is 0 Å². The number of amides is 1. The maximum Gasteiger partial charge on any atom is 0.271 e. The smallest absolute Gasteiger partial charge is 0.271 e. The fourth-order valence-electron chi connectivity index (χ4n) is 1.47. The van der Waals surface area contributed by atoms with E-state index in [0.29, 0.717) is 15.6 Å². The second-order valence-corrected chi connectivity index (χ2v) is 4.75. The van der Waals surface area contributed by atoms with Crippen LogP contribution in [0.3, 0.4) is 0 Å². The molecule has 0 atom stereocenters. The van der Waals surface area contributed by atoms with Gasteiger partial charge in [0.1, 0.15) is 0 Å². The molecule has 1 N–H and O–H groups in total. The predicted molar refractivity (Wildman–Crippen MR) is 76.9 cm³/mol. The third kappa shape index (κ3) is 3.59. The number of carbonyl (C=O) groups excluding carboxylic acids is 1. The number of benzene rings is 1. The Morgan fingerprint density at radius 1 is 1.32 bits per heavy atom. The highest BCUT2D eigenvalue weighted by Crippen LogP contribution is 2.22. The molecule has 0 unspecified atom stereocenters. The van der Waals surface area contributed by atoms with Gasteiger partial charge in [-0.25, -0.2) is 5.43 Å². The van der Waals surface area contributed by atoms with E-state index in [4.69, 9.17) is 23.2 Å². The normalized spacial score (nSPS) is 10.9. The van der Waals surface area contributed by atoms with Crippen molar-refractivity contribution in [3.8, 4) is 0 Å². The minimum Gasteiger partial charge on any atom is -0.357 e. The lowest BCUT2D eigenvalue weighted by Crippen LogP contribution is -2.17. The zero-order chi connectivity index (χ0) is 13.8. The molecular formula is C13H11Cl2N3O. The Morgan fingerprint density at radius 3 is 2.74 bits per heavy atom. The Morgan fingerprint density at radius 2 is 2.11 bits per heavy atom. The van der Waals surface area contributed by atoms with E-state index in [1.54, 1.807) is 18.3 Å². The Labute approximate surface area is 120 Å². The largest absolute Gasteiger partial charge is 0.357 e. The molecule has 0 saturated carbocycles. The lowest BCUT2D eigenvalue weighted by Gasteiger charge is -2.01. The molecule has 0 aliphatic heterocycles. The maximum absolute atomic E-state index is 11.8. The first-order chi connectivity index (χ1) is 9.06. The Hall–Kier alpha value is -1.78. The van der Waals surface area contributed by atoms with Crippen LogP contribution in [0.1, 0.15) is 15.9 Å². The molecule has 0 aliphatic rings. The summed E-state index contributed by atoms with van der Waals surface area (Å²) in [5.74, 6) is -0.342. The number of aromatic nitrogens is 1. The molecule has 0 bridgehead atoms. The zero-order valence-electron chi connectivity index (χ0n) is 10.1. The van der Waals surface area contributed by atoms with Crippen molar-refractivity contribution in [2.75, 3.05) is 0 Å². The summed E-state index contributed by atoms with van der Waals surface area (Å²) >= 11 is 11.6. The molecule has 2 rings (SSSR count). The van der Waals surface area contributed by atoms with Gasteiger partial charge in [0.25, 0.3) is 5.91 Å². The molecule has 1 aromatic carbocycles. The van der Waals surface area contributed by atoms with Crippen LogP contribution >= 0.6 is 23.2 Å². The van der Waals surface area contributed by atoms with E-state index in [1.807, 2.05) is 30.1 Å². The average Bonchev–Trinajstić information content (AvgIpc) is 2.78. The molecular weight excluding hydrogens is 285 g/mol. The van der Waals surface area contributed by atoms with Gasteiger partial charge < -0.3 is 4.57 Å². The molecule has 1 amide bonds. The van der Waals surface area contributed by atoms with Gasteiger partial charge in [-0.1, -0.05) is 23.2 Å². The van der Waals surface area contributed by atoms with E-state index in [-0.39, 0.29) is 5.91 Å². The fraction of sp³-hybridized carbons (Fsp3) is 0.0769. The van der Waals surface area contributed by atoms with Crippen LogP contribution in [0.5, 0.6) is 0 Å². The number of hydrogen-bond donors (Lipinski definition) is 1. The summed E-state index contributed by atoms with van der Waals surface area (Å²) in [5, 5.41) is 4.61. The zero-order valence-corrected chi connectivity index (χ0v) is 11.6. The van der Waals surface area contributed by atoms with Crippen molar-refractivity contribution in [3.63, 3.8) is 0 Å². The number of rotatable bonds is 3. The molecule has 1 heterocycles. The number of hydrogen-bond acceptors (Lipinski definition) is 2. The molecule has 0 fully saturated rings. The highest BCUT2D eigenvalue weighted by atomic mass is 35.5. The first-order valence-corrected chi connectivity index (χ1v) is 6.22. The van der Waals surface area contributed by atoms with Crippen LogP contribution < -0.4 is 5.43 Å². The van der Waals surface area contributed by atoms with E-state index < -0.39 is 0 Å². The summed E-state index contributed by atoms with van der Waals surface area (Å²) in [4.78, 5) is 11.8. The van der Waals surface area contributed by atoms with Crippen LogP contribution in [-0.2, 0) is 7.05 Å². The van der Waals surface area contributed by atoms with E-state index in [0.717, 1.165) is 5.56 Å². The molecule has 98 valence electrons. The molecule has 6 heteroatoms. The van der Waals surface area contributed by atoms with Gasteiger partial charge in [0.15, 0.2) is 0 Å². The van der Waals surface area contributed by atoms with E-state index in [2.05, 4.69) is 10.5 Å². The van der Waals surface area contributed by atoms with Gasteiger partial charge in [-0.3, -0.25) is 4.79 Å². The van der Waals surface area contributed by atoms with Gasteiger partial charge in [0.2, 0.25) is 0 Å². The van der Waals surface area contributed by atoms with Crippen LogP contribution in [-0.4, -0.2) is 16.7 Å². The SMILES string of the molecule is Cn1ccc(/C=N\NC(=O)c2ccc(Cl)c(Cl)c2)c1. The van der Waals surface area contributed by atoms with Crippen LogP contribution in [0, 0.1) is 0 Å². The van der Waals surface area contributed by atoms with Gasteiger partial charge >= 0.3 is 0 Å². The second kappa shape index (κ2) is 5.91. The van der Waals surface area contributed by atoms with Crippen molar-refractivity contribution >= 4 is 35.3 Å². The predicted octanol–water partition coefficient (Wildman–Crippen LogP) is 3.10. The quantitative estimate of drug-likeness (QED) is 0.686. The highest BCUT2D eigenvalue weighted by molar-refractivity contribution is 6.42. The maximum atomic E-state index is 11.8. The lowest BCUT2D eigenvalue weighted by atomic mass is 10.2. The number of nitrogens with zero attached hydrogens (tertiary/aromatic N) is 2. The average molecular weight is 296 g/mol. The number of aryl methyl sites for hydroxylation is 1.